The minimum atomic E-state index is -0.248. The Kier molecular flexibility index (Phi) is 6.31. The Morgan fingerprint density at radius 1 is 1.35 bits per heavy atom. The zero-order valence-corrected chi connectivity index (χ0v) is 14.2. The predicted octanol–water partition coefficient (Wildman–Crippen LogP) is 5.66. The maximum atomic E-state index is 14.4. The lowest BCUT2D eigenvalue weighted by atomic mass is 9.90. The number of hydrogen-bond donors (Lipinski definition) is 1. The van der Waals surface area contributed by atoms with Crippen molar-refractivity contribution in [1.82, 2.24) is 5.32 Å². The van der Waals surface area contributed by atoms with E-state index in [4.69, 9.17) is 11.6 Å². The van der Waals surface area contributed by atoms with Crippen LogP contribution >= 0.6 is 27.5 Å². The number of rotatable bonds is 4. The highest BCUT2D eigenvalue weighted by Gasteiger charge is 2.24. The third kappa shape index (κ3) is 3.96. The first-order chi connectivity index (χ1) is 9.63. The van der Waals surface area contributed by atoms with Gasteiger partial charge in [-0.1, -0.05) is 37.4 Å². The Bertz CT molecular complexity index is 452. The highest BCUT2D eigenvalue weighted by Crippen LogP contribution is 2.37. The van der Waals surface area contributed by atoms with Gasteiger partial charge in [0.05, 0.1) is 5.02 Å². The molecule has 2 atom stereocenters. The van der Waals surface area contributed by atoms with Crippen LogP contribution in [0.4, 0.5) is 4.39 Å². The summed E-state index contributed by atoms with van der Waals surface area (Å²) in [6.45, 7) is 3.22. The third-order valence-electron chi connectivity index (χ3n) is 4.11. The number of nitrogens with one attached hydrogen (secondary N) is 1. The Morgan fingerprint density at radius 3 is 2.85 bits per heavy atom. The van der Waals surface area contributed by atoms with Crippen molar-refractivity contribution in [3.05, 3.63) is 33.0 Å². The first-order valence-corrected chi connectivity index (χ1v) is 8.67. The summed E-state index contributed by atoms with van der Waals surface area (Å²) in [6, 6.07) is 4.25. The van der Waals surface area contributed by atoms with Crippen molar-refractivity contribution in [2.75, 3.05) is 6.54 Å². The summed E-state index contributed by atoms with van der Waals surface area (Å²) in [5.74, 6) is 0.0274. The van der Waals surface area contributed by atoms with Gasteiger partial charge in [-0.25, -0.2) is 4.39 Å². The molecule has 0 amide bonds. The summed E-state index contributed by atoms with van der Waals surface area (Å²) < 4.78 is 15.0. The van der Waals surface area contributed by atoms with Crippen LogP contribution in [-0.2, 0) is 0 Å². The fraction of sp³-hybridized carbons (Fsp3) is 0.625. The second-order valence-corrected chi connectivity index (χ2v) is 6.87. The van der Waals surface area contributed by atoms with Gasteiger partial charge in [0.1, 0.15) is 5.82 Å². The van der Waals surface area contributed by atoms with Gasteiger partial charge in [0.15, 0.2) is 0 Å². The molecule has 0 saturated heterocycles. The maximum absolute atomic E-state index is 14.4. The first-order valence-electron chi connectivity index (χ1n) is 7.50. The molecular weight excluding hydrogens is 341 g/mol. The Hall–Kier alpha value is -0.120. The molecule has 0 aromatic heterocycles. The van der Waals surface area contributed by atoms with Gasteiger partial charge in [0.25, 0.3) is 0 Å². The molecule has 4 heteroatoms. The van der Waals surface area contributed by atoms with Gasteiger partial charge in [-0.2, -0.15) is 0 Å². The summed E-state index contributed by atoms with van der Waals surface area (Å²) in [4.78, 5) is 0. The lowest BCUT2D eigenvalue weighted by Crippen LogP contribution is -2.30. The normalized spacial score (nSPS) is 23.6. The second-order valence-electron chi connectivity index (χ2n) is 5.63. The SMILES string of the molecule is CCCNC1CCCCC(c2ccc(Br)c(Cl)c2F)C1. The highest BCUT2D eigenvalue weighted by molar-refractivity contribution is 9.10. The summed E-state index contributed by atoms with van der Waals surface area (Å²) in [5.41, 5.74) is 0.781. The van der Waals surface area contributed by atoms with Crippen molar-refractivity contribution in [3.8, 4) is 0 Å². The van der Waals surface area contributed by atoms with Gasteiger partial charge < -0.3 is 5.32 Å². The van der Waals surface area contributed by atoms with Crippen LogP contribution in [0.2, 0.25) is 5.02 Å². The molecule has 1 aliphatic rings. The molecule has 0 heterocycles. The standard InChI is InChI=1S/C16H22BrClFN/c1-2-9-20-12-6-4-3-5-11(10-12)13-7-8-14(17)15(18)16(13)19/h7-8,11-12,20H,2-6,9-10H2,1H3. The van der Waals surface area contributed by atoms with Crippen molar-refractivity contribution >= 4 is 27.5 Å². The van der Waals surface area contributed by atoms with Gasteiger partial charge in [-0.3, -0.25) is 0 Å². The number of hydrogen-bond acceptors (Lipinski definition) is 1. The van der Waals surface area contributed by atoms with Gasteiger partial charge in [0.2, 0.25) is 0 Å². The quantitative estimate of drug-likeness (QED) is 0.538. The van der Waals surface area contributed by atoms with E-state index in [0.29, 0.717) is 10.5 Å². The van der Waals surface area contributed by atoms with E-state index in [1.807, 2.05) is 12.1 Å². The molecule has 0 radical (unpaired) electrons. The lowest BCUT2D eigenvalue weighted by Gasteiger charge is -2.22. The van der Waals surface area contributed by atoms with Crippen LogP contribution in [0.15, 0.2) is 16.6 Å². The van der Waals surface area contributed by atoms with Crippen molar-refractivity contribution in [2.24, 2.45) is 0 Å². The van der Waals surface area contributed by atoms with Gasteiger partial charge >= 0.3 is 0 Å². The summed E-state index contributed by atoms with van der Waals surface area (Å²) >= 11 is 9.31. The molecule has 0 bridgehead atoms. The van der Waals surface area contributed by atoms with E-state index < -0.39 is 0 Å². The molecule has 1 saturated carbocycles. The summed E-state index contributed by atoms with van der Waals surface area (Å²) in [6.07, 6.45) is 6.79. The lowest BCUT2D eigenvalue weighted by molar-refractivity contribution is 0.433. The maximum Gasteiger partial charge on any atom is 0.146 e. The molecule has 1 aromatic rings. The fourth-order valence-electron chi connectivity index (χ4n) is 3.03. The summed E-state index contributed by atoms with van der Waals surface area (Å²) in [7, 11) is 0. The number of halogens is 3. The van der Waals surface area contributed by atoms with E-state index in [1.165, 1.54) is 19.3 Å². The monoisotopic (exact) mass is 361 g/mol. The van der Waals surface area contributed by atoms with Crippen molar-refractivity contribution in [1.29, 1.82) is 0 Å². The minimum Gasteiger partial charge on any atom is -0.314 e. The van der Waals surface area contributed by atoms with Gasteiger partial charge in [-0.15, -0.1) is 0 Å². The predicted molar refractivity (Wildman–Crippen MR) is 87.0 cm³/mol. The van der Waals surface area contributed by atoms with Crippen LogP contribution < -0.4 is 5.32 Å². The molecule has 2 rings (SSSR count). The van der Waals surface area contributed by atoms with E-state index in [0.717, 1.165) is 31.4 Å². The number of benzene rings is 1. The second kappa shape index (κ2) is 7.77. The highest BCUT2D eigenvalue weighted by atomic mass is 79.9. The van der Waals surface area contributed by atoms with Gasteiger partial charge in [0, 0.05) is 10.5 Å². The van der Waals surface area contributed by atoms with Crippen LogP contribution in [0.3, 0.4) is 0 Å². The van der Waals surface area contributed by atoms with Crippen LogP contribution in [0, 0.1) is 5.82 Å². The Morgan fingerprint density at radius 2 is 2.10 bits per heavy atom. The van der Waals surface area contributed by atoms with Crippen LogP contribution in [-0.4, -0.2) is 12.6 Å². The van der Waals surface area contributed by atoms with E-state index in [9.17, 15) is 4.39 Å². The molecule has 0 aliphatic heterocycles. The first kappa shape index (κ1) is 16.3. The molecule has 20 heavy (non-hydrogen) atoms. The average Bonchev–Trinajstić information content (AvgIpc) is 2.68. The van der Waals surface area contributed by atoms with Gasteiger partial charge in [-0.05, 0) is 65.7 Å². The van der Waals surface area contributed by atoms with E-state index in [1.54, 1.807) is 0 Å². The average molecular weight is 363 g/mol. The smallest absolute Gasteiger partial charge is 0.146 e. The Balaban J connectivity index is 2.15. The zero-order valence-electron chi connectivity index (χ0n) is 11.9. The molecule has 1 aromatic carbocycles. The Labute approximate surface area is 134 Å². The molecule has 1 fully saturated rings. The molecule has 112 valence electrons. The van der Waals surface area contributed by atoms with E-state index >= 15 is 0 Å². The third-order valence-corrected chi connectivity index (χ3v) is 5.37. The van der Waals surface area contributed by atoms with Crippen molar-refractivity contribution in [3.63, 3.8) is 0 Å². The minimum absolute atomic E-state index is 0.213. The molecule has 1 nitrogen and oxygen atoms in total. The fourth-order valence-corrected chi connectivity index (χ4v) is 3.51. The molecule has 1 aliphatic carbocycles. The zero-order chi connectivity index (χ0) is 14.5. The van der Waals surface area contributed by atoms with Crippen molar-refractivity contribution in [2.45, 2.75) is 57.4 Å². The molecule has 0 spiro atoms. The molecule has 2 unspecified atom stereocenters. The molecular formula is C16H22BrClFN. The van der Waals surface area contributed by atoms with Crippen molar-refractivity contribution < 1.29 is 4.39 Å². The van der Waals surface area contributed by atoms with E-state index in [2.05, 4.69) is 28.2 Å². The van der Waals surface area contributed by atoms with E-state index in [-0.39, 0.29) is 16.8 Å². The largest absolute Gasteiger partial charge is 0.314 e. The van der Waals surface area contributed by atoms with Crippen LogP contribution in [0.25, 0.3) is 0 Å². The van der Waals surface area contributed by atoms with Crippen LogP contribution in [0.1, 0.15) is 56.9 Å². The topological polar surface area (TPSA) is 12.0 Å². The van der Waals surface area contributed by atoms with Crippen LogP contribution in [0.5, 0.6) is 0 Å². The summed E-state index contributed by atoms with van der Waals surface area (Å²) in [5, 5.41) is 3.80. The molecule has 1 N–H and O–H groups in total.